The molecule has 1 aliphatic heterocycles. The van der Waals surface area contributed by atoms with E-state index in [2.05, 4.69) is 0 Å². The number of ketones is 2. The Morgan fingerprint density at radius 1 is 0.889 bits per heavy atom. The van der Waals surface area contributed by atoms with Crippen molar-refractivity contribution in [2.45, 2.75) is 38.0 Å². The molecule has 8 nitrogen and oxygen atoms in total. The van der Waals surface area contributed by atoms with Crippen molar-refractivity contribution in [2.24, 2.45) is 29.4 Å². The smallest absolute Gasteiger partial charge is 0.328 e. The number of fused-ring (bicyclic) bond motifs is 4. The third-order valence-corrected chi connectivity index (χ3v) is 10.4. The minimum absolute atomic E-state index is 0.134. The highest BCUT2D eigenvalue weighted by Crippen LogP contribution is 2.63. The Bertz CT molecular complexity index is 1850. The number of amides is 4. The van der Waals surface area contributed by atoms with Gasteiger partial charge in [-0.15, -0.1) is 0 Å². The van der Waals surface area contributed by atoms with Gasteiger partial charge in [0.25, 0.3) is 0 Å². The summed E-state index contributed by atoms with van der Waals surface area (Å²) in [6.45, 7) is 3.57. The SMILES string of the molecule is Cc1cc(C2C3=CCC4C(=O)N(C(N)=O)C(=O)C4C3CC3C(=O)C(c4ccccc4)=CC(=O)C32c2ccccc2)cc(C)c1O. The number of hydrogen-bond donors (Lipinski definition) is 2. The molecule has 7 rings (SSSR count). The summed E-state index contributed by atoms with van der Waals surface area (Å²) in [6.07, 6.45) is 3.73. The number of hydrogen-bond acceptors (Lipinski definition) is 6. The second-order valence-electron chi connectivity index (χ2n) is 12.6. The lowest BCUT2D eigenvalue weighted by Gasteiger charge is -2.55. The van der Waals surface area contributed by atoms with Gasteiger partial charge in [0.2, 0.25) is 11.8 Å². The molecule has 2 fully saturated rings. The number of carbonyl (C=O) groups excluding carboxylic acids is 5. The Balaban J connectivity index is 1.53. The van der Waals surface area contributed by atoms with E-state index in [9.17, 15) is 29.1 Å². The third-order valence-electron chi connectivity index (χ3n) is 10.4. The minimum Gasteiger partial charge on any atom is -0.507 e. The maximum atomic E-state index is 15.0. The van der Waals surface area contributed by atoms with Crippen molar-refractivity contribution in [3.05, 3.63) is 118 Å². The van der Waals surface area contributed by atoms with Gasteiger partial charge in [0.15, 0.2) is 11.6 Å². The number of primary amides is 1. The zero-order valence-corrected chi connectivity index (χ0v) is 24.9. The Morgan fingerprint density at radius 2 is 1.51 bits per heavy atom. The maximum Gasteiger partial charge on any atom is 0.328 e. The standard InChI is InChI=1S/C37H32N2O6/c1-19-15-22(16-20(2)32(19)41)31-24-13-14-25-30(35(44)39(34(25)43)36(38)45)27(24)17-28-33(42)26(21-9-5-3-6-10-21)18-29(40)37(28,31)23-11-7-4-8-12-23/h3-13,15-16,18,25,27-28,30-31,41H,14,17H2,1-2H3,(H2,38,45). The van der Waals surface area contributed by atoms with Gasteiger partial charge in [-0.05, 0) is 66.5 Å². The van der Waals surface area contributed by atoms with Gasteiger partial charge in [0, 0.05) is 17.4 Å². The first-order chi connectivity index (χ1) is 21.6. The van der Waals surface area contributed by atoms with Crippen molar-refractivity contribution in [1.82, 2.24) is 4.90 Å². The number of aromatic hydroxyl groups is 1. The number of nitrogens with zero attached hydrogens (tertiary/aromatic N) is 1. The number of benzene rings is 3. The van der Waals surface area contributed by atoms with E-state index < -0.39 is 52.8 Å². The molecular weight excluding hydrogens is 568 g/mol. The number of phenols is 1. The van der Waals surface area contributed by atoms with Crippen LogP contribution in [0.15, 0.2) is 90.5 Å². The fourth-order valence-corrected chi connectivity index (χ4v) is 8.62. The highest BCUT2D eigenvalue weighted by molar-refractivity contribution is 6.31. The molecule has 45 heavy (non-hydrogen) atoms. The van der Waals surface area contributed by atoms with Gasteiger partial charge in [-0.1, -0.05) is 84.4 Å². The topological polar surface area (TPSA) is 135 Å². The van der Waals surface area contributed by atoms with E-state index in [4.69, 9.17) is 5.73 Å². The van der Waals surface area contributed by atoms with Crippen molar-refractivity contribution in [3.63, 3.8) is 0 Å². The summed E-state index contributed by atoms with van der Waals surface area (Å²) < 4.78 is 0. The predicted molar refractivity (Wildman–Crippen MR) is 166 cm³/mol. The number of urea groups is 1. The fourth-order valence-electron chi connectivity index (χ4n) is 8.62. The summed E-state index contributed by atoms with van der Waals surface area (Å²) in [4.78, 5) is 69.6. The van der Waals surface area contributed by atoms with E-state index >= 15 is 0 Å². The lowest BCUT2D eigenvalue weighted by atomic mass is 9.44. The van der Waals surface area contributed by atoms with Crippen LogP contribution in [0.4, 0.5) is 4.79 Å². The zero-order chi connectivity index (χ0) is 31.8. The zero-order valence-electron chi connectivity index (χ0n) is 24.9. The molecule has 4 aliphatic rings. The lowest BCUT2D eigenvalue weighted by molar-refractivity contribution is -0.137. The van der Waals surface area contributed by atoms with Crippen LogP contribution >= 0.6 is 0 Å². The van der Waals surface area contributed by atoms with Crippen molar-refractivity contribution in [1.29, 1.82) is 0 Å². The van der Waals surface area contributed by atoms with Gasteiger partial charge in [-0.3, -0.25) is 19.2 Å². The largest absolute Gasteiger partial charge is 0.507 e. The molecule has 226 valence electrons. The molecule has 0 bridgehead atoms. The normalized spacial score (nSPS) is 29.0. The molecule has 6 atom stereocenters. The number of imide groups is 3. The number of nitrogens with two attached hydrogens (primary N) is 1. The van der Waals surface area contributed by atoms with E-state index in [0.717, 1.165) is 11.1 Å². The molecule has 6 unspecified atom stereocenters. The van der Waals surface area contributed by atoms with Crippen LogP contribution in [0.1, 0.15) is 46.6 Å². The average molecular weight is 601 g/mol. The van der Waals surface area contributed by atoms with Gasteiger partial charge in [0.1, 0.15) is 5.75 Å². The van der Waals surface area contributed by atoms with Gasteiger partial charge >= 0.3 is 6.03 Å². The Hall–Kier alpha value is -5.11. The summed E-state index contributed by atoms with van der Waals surface area (Å²) in [5.74, 6) is -5.46. The first kappa shape index (κ1) is 28.6. The van der Waals surface area contributed by atoms with E-state index in [0.29, 0.717) is 32.7 Å². The Morgan fingerprint density at radius 3 is 2.13 bits per heavy atom. The summed E-state index contributed by atoms with van der Waals surface area (Å²) >= 11 is 0. The number of rotatable bonds is 3. The molecule has 4 amide bonds. The predicted octanol–water partition coefficient (Wildman–Crippen LogP) is 4.91. The van der Waals surface area contributed by atoms with Crippen molar-refractivity contribution in [3.8, 4) is 5.75 Å². The van der Waals surface area contributed by atoms with E-state index in [1.807, 2.05) is 66.7 Å². The van der Waals surface area contributed by atoms with Gasteiger partial charge < -0.3 is 10.8 Å². The first-order valence-corrected chi connectivity index (χ1v) is 15.2. The Labute approximate surface area is 260 Å². The Kier molecular flexibility index (Phi) is 6.51. The molecule has 0 spiro atoms. The summed E-state index contributed by atoms with van der Waals surface area (Å²) in [5, 5.41) is 10.7. The quantitative estimate of drug-likeness (QED) is 0.324. The van der Waals surface area contributed by atoms with E-state index in [1.165, 1.54) is 6.08 Å². The molecule has 1 heterocycles. The molecular formula is C37H32N2O6. The maximum absolute atomic E-state index is 15.0. The van der Waals surface area contributed by atoms with Crippen molar-refractivity contribution in [2.75, 3.05) is 0 Å². The number of allylic oxidation sites excluding steroid dienone is 4. The van der Waals surface area contributed by atoms with Crippen LogP contribution in [0.25, 0.3) is 5.57 Å². The number of likely N-dealkylation sites (tertiary alicyclic amines) is 1. The fraction of sp³-hybridized carbons (Fsp3) is 0.270. The van der Waals surface area contributed by atoms with Crippen LogP contribution in [-0.4, -0.2) is 39.4 Å². The monoisotopic (exact) mass is 600 g/mol. The van der Waals surface area contributed by atoms with Crippen LogP contribution in [-0.2, 0) is 24.6 Å². The molecule has 8 heteroatoms. The highest BCUT2D eigenvalue weighted by Gasteiger charge is 2.66. The van der Waals surface area contributed by atoms with Gasteiger partial charge in [-0.25, -0.2) is 4.79 Å². The number of carbonyl (C=O) groups is 5. The molecule has 3 aromatic rings. The molecule has 3 aromatic carbocycles. The lowest BCUT2D eigenvalue weighted by Crippen LogP contribution is -2.58. The third kappa shape index (κ3) is 3.94. The van der Waals surface area contributed by atoms with Crippen LogP contribution < -0.4 is 5.73 Å². The molecule has 1 saturated carbocycles. The van der Waals surface area contributed by atoms with Gasteiger partial charge in [-0.2, -0.15) is 4.90 Å². The number of aryl methyl sites for hydroxylation is 2. The van der Waals surface area contributed by atoms with Crippen LogP contribution in [0, 0.1) is 37.5 Å². The molecule has 0 aromatic heterocycles. The van der Waals surface area contributed by atoms with Crippen LogP contribution in [0.2, 0.25) is 0 Å². The van der Waals surface area contributed by atoms with Crippen molar-refractivity contribution < 1.29 is 29.1 Å². The second-order valence-corrected chi connectivity index (χ2v) is 12.6. The molecule has 3 aliphatic carbocycles. The van der Waals surface area contributed by atoms with Crippen LogP contribution in [0.3, 0.4) is 0 Å². The molecule has 0 radical (unpaired) electrons. The van der Waals surface area contributed by atoms with Crippen molar-refractivity contribution >= 4 is 35.0 Å². The number of Topliss-reactive ketones (excluding diaryl/α,β-unsaturated/α-hetero) is 1. The van der Waals surface area contributed by atoms with Crippen LogP contribution in [0.5, 0.6) is 5.75 Å². The summed E-state index contributed by atoms with van der Waals surface area (Å²) in [5.41, 5.74) is 8.48. The average Bonchev–Trinajstić information content (AvgIpc) is 3.30. The summed E-state index contributed by atoms with van der Waals surface area (Å²) in [7, 11) is 0. The van der Waals surface area contributed by atoms with E-state index in [1.54, 1.807) is 26.0 Å². The molecule has 1 saturated heterocycles. The highest BCUT2D eigenvalue weighted by atomic mass is 16.3. The van der Waals surface area contributed by atoms with E-state index in [-0.39, 0.29) is 30.2 Å². The molecule has 3 N–H and O–H groups in total. The second kappa shape index (κ2) is 10.2. The summed E-state index contributed by atoms with van der Waals surface area (Å²) in [6, 6.07) is 20.9. The first-order valence-electron chi connectivity index (χ1n) is 15.2. The minimum atomic E-state index is -1.36. The van der Waals surface area contributed by atoms with Gasteiger partial charge in [0.05, 0.1) is 17.3 Å². The number of phenolic OH excluding ortho intramolecular Hbond substituents is 1.